The average molecular weight is 285 g/mol. The molecule has 2 rings (SSSR count). The van der Waals surface area contributed by atoms with Crippen LogP contribution in [0.1, 0.15) is 49.3 Å². The Morgan fingerprint density at radius 1 is 1.48 bits per heavy atom. The summed E-state index contributed by atoms with van der Waals surface area (Å²) in [7, 11) is 0. The molecule has 0 saturated heterocycles. The first kappa shape index (κ1) is 15.0. The predicted molar refractivity (Wildman–Crippen MR) is 79.8 cm³/mol. The number of aryl methyl sites for hydroxylation is 1. The normalized spacial score (nSPS) is 12.4. The van der Waals surface area contributed by atoms with E-state index in [1.807, 2.05) is 24.6 Å². The van der Waals surface area contributed by atoms with Crippen molar-refractivity contribution in [2.75, 3.05) is 0 Å². The molecule has 1 atom stereocenters. The van der Waals surface area contributed by atoms with E-state index in [4.69, 9.17) is 5.26 Å². The smallest absolute Gasteiger partial charge is 0.253 e. The molecule has 0 spiro atoms. The lowest BCUT2D eigenvalue weighted by Crippen LogP contribution is -2.32. The van der Waals surface area contributed by atoms with Crippen molar-refractivity contribution in [3.05, 3.63) is 23.5 Å². The van der Waals surface area contributed by atoms with Gasteiger partial charge in [0, 0.05) is 17.5 Å². The number of rotatable bonds is 4. The number of carbonyl (C=O) groups excluding carboxylic acids is 1. The fourth-order valence-electron chi connectivity index (χ4n) is 2.16. The molecule has 110 valence electrons. The van der Waals surface area contributed by atoms with Crippen molar-refractivity contribution >= 4 is 16.9 Å². The number of amides is 1. The summed E-state index contributed by atoms with van der Waals surface area (Å²) < 4.78 is 1.84. The van der Waals surface area contributed by atoms with E-state index in [-0.39, 0.29) is 24.4 Å². The number of hydrogen-bond donors (Lipinski definition) is 1. The molecule has 0 aromatic carbocycles. The number of nitrogens with zero attached hydrogens (tertiary/aromatic N) is 4. The summed E-state index contributed by atoms with van der Waals surface area (Å²) in [5.74, 6) is -0.207. The van der Waals surface area contributed by atoms with E-state index in [2.05, 4.69) is 15.4 Å². The minimum absolute atomic E-state index is 0.184. The highest BCUT2D eigenvalue weighted by molar-refractivity contribution is 5.98. The van der Waals surface area contributed by atoms with Gasteiger partial charge < -0.3 is 5.32 Å². The molecule has 6 heteroatoms. The van der Waals surface area contributed by atoms with E-state index in [1.165, 1.54) is 0 Å². The molecule has 0 aliphatic rings. The van der Waals surface area contributed by atoms with Crippen LogP contribution in [-0.4, -0.2) is 26.7 Å². The van der Waals surface area contributed by atoms with Gasteiger partial charge in [-0.15, -0.1) is 0 Å². The van der Waals surface area contributed by atoms with Crippen molar-refractivity contribution in [3.63, 3.8) is 0 Å². The largest absolute Gasteiger partial charge is 0.348 e. The molecule has 1 amide bonds. The summed E-state index contributed by atoms with van der Waals surface area (Å²) in [5.41, 5.74) is 1.96. The quantitative estimate of drug-likeness (QED) is 0.934. The van der Waals surface area contributed by atoms with E-state index in [0.29, 0.717) is 11.3 Å². The number of aromatic nitrogens is 3. The van der Waals surface area contributed by atoms with Crippen LogP contribution in [0.2, 0.25) is 0 Å². The Kier molecular flexibility index (Phi) is 4.22. The van der Waals surface area contributed by atoms with Crippen LogP contribution in [0.15, 0.2) is 12.3 Å². The molecule has 0 fully saturated rings. The van der Waals surface area contributed by atoms with Crippen LogP contribution < -0.4 is 5.32 Å². The van der Waals surface area contributed by atoms with Gasteiger partial charge in [0.1, 0.15) is 0 Å². The zero-order valence-electron chi connectivity index (χ0n) is 12.7. The lowest BCUT2D eigenvalue weighted by Gasteiger charge is -2.12. The zero-order chi connectivity index (χ0) is 15.6. The monoisotopic (exact) mass is 285 g/mol. The molecule has 0 saturated carbocycles. The van der Waals surface area contributed by atoms with Gasteiger partial charge in [-0.1, -0.05) is 0 Å². The number of nitrogens with one attached hydrogen (secondary N) is 1. The molecule has 2 aromatic heterocycles. The Labute approximate surface area is 123 Å². The molecule has 0 bridgehead atoms. The van der Waals surface area contributed by atoms with Crippen LogP contribution in [0, 0.1) is 18.3 Å². The molecule has 0 aliphatic carbocycles. The third-order valence-corrected chi connectivity index (χ3v) is 3.27. The summed E-state index contributed by atoms with van der Waals surface area (Å²) in [6.45, 7) is 7.68. The fraction of sp³-hybridized carbons (Fsp3) is 0.467. The Morgan fingerprint density at radius 2 is 2.19 bits per heavy atom. The summed E-state index contributed by atoms with van der Waals surface area (Å²) in [6, 6.07) is 3.87. The molecule has 21 heavy (non-hydrogen) atoms. The zero-order valence-corrected chi connectivity index (χ0v) is 12.7. The summed E-state index contributed by atoms with van der Waals surface area (Å²) in [5, 5.41) is 16.6. The minimum Gasteiger partial charge on any atom is -0.348 e. The predicted octanol–water partition coefficient (Wildman–Crippen LogP) is 2.35. The topological polar surface area (TPSA) is 83.6 Å². The lowest BCUT2D eigenvalue weighted by molar-refractivity contribution is 0.0940. The molecule has 0 unspecified atom stereocenters. The molecule has 0 radical (unpaired) electrons. The van der Waals surface area contributed by atoms with Crippen molar-refractivity contribution in [2.24, 2.45) is 0 Å². The summed E-state index contributed by atoms with van der Waals surface area (Å²) >= 11 is 0. The first-order valence-electron chi connectivity index (χ1n) is 6.96. The average Bonchev–Trinajstić information content (AvgIpc) is 2.80. The molecular formula is C15H19N5O. The lowest BCUT2D eigenvalue weighted by atomic mass is 10.1. The highest BCUT2D eigenvalue weighted by atomic mass is 16.1. The van der Waals surface area contributed by atoms with Gasteiger partial charge in [0.15, 0.2) is 5.65 Å². The van der Waals surface area contributed by atoms with E-state index in [1.54, 1.807) is 26.1 Å². The third kappa shape index (κ3) is 3.02. The van der Waals surface area contributed by atoms with Crippen molar-refractivity contribution in [2.45, 2.75) is 46.2 Å². The van der Waals surface area contributed by atoms with E-state index >= 15 is 0 Å². The van der Waals surface area contributed by atoms with Crippen LogP contribution in [0.25, 0.3) is 11.0 Å². The first-order chi connectivity index (χ1) is 9.93. The van der Waals surface area contributed by atoms with Crippen LogP contribution in [0.4, 0.5) is 0 Å². The Morgan fingerprint density at radius 3 is 2.81 bits per heavy atom. The molecule has 2 aromatic rings. The molecule has 1 N–H and O–H groups in total. The maximum absolute atomic E-state index is 12.2. The van der Waals surface area contributed by atoms with Gasteiger partial charge >= 0.3 is 0 Å². The van der Waals surface area contributed by atoms with Gasteiger partial charge in [-0.3, -0.25) is 4.79 Å². The molecule has 0 aliphatic heterocycles. The number of hydrogen-bond acceptors (Lipinski definition) is 4. The third-order valence-electron chi connectivity index (χ3n) is 3.27. The highest BCUT2D eigenvalue weighted by Gasteiger charge is 2.16. The van der Waals surface area contributed by atoms with Crippen LogP contribution >= 0.6 is 0 Å². The molecular weight excluding hydrogens is 266 g/mol. The van der Waals surface area contributed by atoms with E-state index in [9.17, 15) is 4.79 Å². The van der Waals surface area contributed by atoms with Gasteiger partial charge in [0.25, 0.3) is 5.91 Å². The maximum atomic E-state index is 12.2. The molecule has 6 nitrogen and oxygen atoms in total. The second-order valence-corrected chi connectivity index (χ2v) is 5.45. The van der Waals surface area contributed by atoms with Crippen LogP contribution in [0.3, 0.4) is 0 Å². The summed E-state index contributed by atoms with van der Waals surface area (Å²) in [6.07, 6.45) is 2.00. The van der Waals surface area contributed by atoms with Gasteiger partial charge in [-0.25, -0.2) is 9.67 Å². The number of pyridine rings is 1. The van der Waals surface area contributed by atoms with Crippen LogP contribution in [0.5, 0.6) is 0 Å². The summed E-state index contributed by atoms with van der Waals surface area (Å²) in [4.78, 5) is 16.8. The van der Waals surface area contributed by atoms with Crippen molar-refractivity contribution in [1.82, 2.24) is 20.1 Å². The SMILES string of the molecule is Cc1nc2c(cnn2C(C)C)cc1C(=O)N[C@H](C)CC#N. The maximum Gasteiger partial charge on any atom is 0.253 e. The number of carbonyl (C=O) groups is 1. The number of nitriles is 1. The Bertz CT molecular complexity index is 711. The van der Waals surface area contributed by atoms with Crippen LogP contribution in [-0.2, 0) is 0 Å². The van der Waals surface area contributed by atoms with Gasteiger partial charge in [-0.05, 0) is 33.8 Å². The Balaban J connectivity index is 2.36. The second-order valence-electron chi connectivity index (χ2n) is 5.45. The first-order valence-corrected chi connectivity index (χ1v) is 6.96. The molecule has 2 heterocycles. The standard InChI is InChI=1S/C15H19N5O/c1-9(2)20-14-12(8-17-20)7-13(11(4)19-14)15(21)18-10(3)5-6-16/h7-10H,5H2,1-4H3,(H,18,21)/t10-/m1/s1. The van der Waals surface area contributed by atoms with E-state index < -0.39 is 0 Å². The second kappa shape index (κ2) is 5.92. The Hall–Kier alpha value is -2.42. The van der Waals surface area contributed by atoms with E-state index in [0.717, 1.165) is 11.0 Å². The van der Waals surface area contributed by atoms with Gasteiger partial charge in [-0.2, -0.15) is 10.4 Å². The van der Waals surface area contributed by atoms with Crippen molar-refractivity contribution in [3.8, 4) is 6.07 Å². The van der Waals surface area contributed by atoms with Crippen molar-refractivity contribution < 1.29 is 4.79 Å². The number of fused-ring (bicyclic) bond motifs is 1. The fourth-order valence-corrected chi connectivity index (χ4v) is 2.16. The van der Waals surface area contributed by atoms with Gasteiger partial charge in [0.05, 0.1) is 29.9 Å². The highest BCUT2D eigenvalue weighted by Crippen LogP contribution is 2.19. The van der Waals surface area contributed by atoms with Gasteiger partial charge in [0.2, 0.25) is 0 Å². The van der Waals surface area contributed by atoms with Crippen molar-refractivity contribution in [1.29, 1.82) is 5.26 Å². The minimum atomic E-state index is -0.207.